The number of alkyl halides is 1. The summed E-state index contributed by atoms with van der Waals surface area (Å²) in [5, 5.41) is 0. The van der Waals surface area contributed by atoms with Gasteiger partial charge in [-0.25, -0.2) is 0 Å². The fraction of sp³-hybridized carbons (Fsp3) is 0.409. The molecule has 0 aliphatic heterocycles. The second-order valence-electron chi connectivity index (χ2n) is 7.03. The van der Waals surface area contributed by atoms with Gasteiger partial charge in [0.15, 0.2) is 0 Å². The van der Waals surface area contributed by atoms with Gasteiger partial charge < -0.3 is 24.7 Å². The van der Waals surface area contributed by atoms with Crippen LogP contribution in [0.1, 0.15) is 23.5 Å². The highest BCUT2D eigenvalue weighted by molar-refractivity contribution is 6.20. The molecule has 0 aromatic heterocycles. The third-order valence-electron chi connectivity index (χ3n) is 4.66. The molecule has 2 rings (SSSR count). The monoisotopic (exact) mass is 420 g/mol. The van der Waals surface area contributed by atoms with Crippen molar-refractivity contribution in [3.8, 4) is 17.2 Å². The zero-order valence-corrected chi connectivity index (χ0v) is 18.1. The molecule has 0 aliphatic carbocycles. The van der Waals surface area contributed by atoms with E-state index in [-0.39, 0.29) is 11.5 Å². The minimum atomic E-state index is -0.415. The number of nitrogens with two attached hydrogens (primary N) is 1. The van der Waals surface area contributed by atoms with Gasteiger partial charge in [0.25, 0.3) is 0 Å². The summed E-state index contributed by atoms with van der Waals surface area (Å²) in [6.45, 7) is 0.304. The number of para-hydroxylation sites is 1. The van der Waals surface area contributed by atoms with E-state index in [4.69, 9.17) is 31.5 Å². The van der Waals surface area contributed by atoms with E-state index in [1.165, 1.54) is 0 Å². The number of hydrogen-bond donors (Lipinski definition) is 1. The first-order valence-electron chi connectivity index (χ1n) is 9.34. The van der Waals surface area contributed by atoms with Crippen molar-refractivity contribution < 1.29 is 19.0 Å². The Bertz CT molecular complexity index is 778. The lowest BCUT2D eigenvalue weighted by Crippen LogP contribution is -2.41. The molecule has 0 bridgehead atoms. The van der Waals surface area contributed by atoms with Crippen molar-refractivity contribution in [1.82, 2.24) is 4.90 Å². The van der Waals surface area contributed by atoms with E-state index in [1.807, 2.05) is 55.4 Å². The first kappa shape index (κ1) is 23.0. The van der Waals surface area contributed by atoms with Crippen LogP contribution in [0.15, 0.2) is 42.5 Å². The van der Waals surface area contributed by atoms with Gasteiger partial charge in [-0.05, 0) is 44.3 Å². The average Bonchev–Trinajstić information content (AvgIpc) is 2.75. The number of carbonyl (C=O) groups excluding carboxylic acids is 1. The molecule has 2 N–H and O–H groups in total. The lowest BCUT2D eigenvalue weighted by Gasteiger charge is -2.26. The van der Waals surface area contributed by atoms with E-state index in [1.54, 1.807) is 20.3 Å². The molecule has 0 fully saturated rings. The summed E-state index contributed by atoms with van der Waals surface area (Å²) in [4.78, 5) is 13.7. The van der Waals surface area contributed by atoms with Crippen LogP contribution in [0, 0.1) is 0 Å². The molecule has 0 saturated carbocycles. The van der Waals surface area contributed by atoms with Crippen LogP contribution < -0.4 is 19.9 Å². The number of methoxy groups -OCH3 is 2. The maximum absolute atomic E-state index is 11.8. The van der Waals surface area contributed by atoms with Crippen molar-refractivity contribution in [2.75, 3.05) is 28.3 Å². The summed E-state index contributed by atoms with van der Waals surface area (Å²) in [6.07, 6.45) is 1.32. The predicted molar refractivity (Wildman–Crippen MR) is 115 cm³/mol. The topological polar surface area (TPSA) is 74.0 Å². The Morgan fingerprint density at radius 1 is 1.10 bits per heavy atom. The number of carbonyl (C=O) groups is 1. The molecular formula is C22H29ClN2O4. The zero-order valence-electron chi connectivity index (χ0n) is 17.3. The summed E-state index contributed by atoms with van der Waals surface area (Å²) in [6, 6.07) is 12.7. The first-order valence-corrected chi connectivity index (χ1v) is 9.78. The molecule has 3 atom stereocenters. The molecule has 158 valence electrons. The largest absolute Gasteiger partial charge is 0.497 e. The van der Waals surface area contributed by atoms with Gasteiger partial charge in [-0.15, -0.1) is 11.6 Å². The molecule has 0 radical (unpaired) electrons. The van der Waals surface area contributed by atoms with Gasteiger partial charge in [-0.1, -0.05) is 18.2 Å². The predicted octanol–water partition coefficient (Wildman–Crippen LogP) is 3.41. The highest BCUT2D eigenvalue weighted by Crippen LogP contribution is 2.31. The number of rotatable bonds is 11. The molecule has 0 aliphatic rings. The van der Waals surface area contributed by atoms with Gasteiger partial charge in [0.05, 0.1) is 19.7 Å². The molecule has 3 unspecified atom stereocenters. The van der Waals surface area contributed by atoms with Gasteiger partial charge in [-0.2, -0.15) is 0 Å². The smallest absolute Gasteiger partial charge is 0.127 e. The first-order chi connectivity index (χ1) is 13.9. The fourth-order valence-corrected chi connectivity index (χ4v) is 3.18. The fourth-order valence-electron chi connectivity index (χ4n) is 3.07. The molecule has 29 heavy (non-hydrogen) atoms. The van der Waals surface area contributed by atoms with Gasteiger partial charge in [0.1, 0.15) is 30.1 Å². The summed E-state index contributed by atoms with van der Waals surface area (Å²) in [5.74, 6) is 1.59. The highest BCUT2D eigenvalue weighted by atomic mass is 35.5. The van der Waals surface area contributed by atoms with E-state index in [0.717, 1.165) is 17.4 Å². The summed E-state index contributed by atoms with van der Waals surface area (Å²) in [7, 11) is 6.91. The van der Waals surface area contributed by atoms with Crippen molar-refractivity contribution in [3.63, 3.8) is 0 Å². The Hall–Kier alpha value is -2.28. The Kier molecular flexibility index (Phi) is 8.76. The summed E-state index contributed by atoms with van der Waals surface area (Å²) < 4.78 is 16.6. The Labute approximate surface area is 177 Å². The van der Waals surface area contributed by atoms with Crippen LogP contribution in [-0.2, 0) is 11.4 Å². The highest BCUT2D eigenvalue weighted by Gasteiger charge is 2.24. The van der Waals surface area contributed by atoms with E-state index in [0.29, 0.717) is 30.3 Å². The van der Waals surface area contributed by atoms with Crippen LogP contribution in [0.25, 0.3) is 0 Å². The van der Waals surface area contributed by atoms with E-state index < -0.39 is 5.92 Å². The molecule has 0 heterocycles. The van der Waals surface area contributed by atoms with Crippen LogP contribution in [0.5, 0.6) is 17.2 Å². The third kappa shape index (κ3) is 6.35. The minimum Gasteiger partial charge on any atom is -0.497 e. The minimum absolute atomic E-state index is 0.304. The molecule has 7 heteroatoms. The van der Waals surface area contributed by atoms with Crippen LogP contribution in [-0.4, -0.2) is 51.0 Å². The number of hydrogen-bond acceptors (Lipinski definition) is 6. The number of likely N-dealkylation sites (N-methyl/N-ethyl adjacent to an activating group) is 1. The zero-order chi connectivity index (χ0) is 21.4. The van der Waals surface area contributed by atoms with E-state index in [2.05, 4.69) is 0 Å². The maximum Gasteiger partial charge on any atom is 0.127 e. The Morgan fingerprint density at radius 2 is 1.72 bits per heavy atom. The second kappa shape index (κ2) is 11.0. The van der Waals surface area contributed by atoms with Crippen LogP contribution in [0.3, 0.4) is 0 Å². The maximum atomic E-state index is 11.8. The van der Waals surface area contributed by atoms with Crippen molar-refractivity contribution in [2.24, 2.45) is 5.73 Å². The van der Waals surface area contributed by atoms with Crippen molar-refractivity contribution >= 4 is 17.9 Å². The molecule has 0 spiro atoms. The molecule has 0 saturated heterocycles. The standard InChI is InChI=1S/C22H29ClN2O4/c1-25(2)22(23)20(24)11-16(13-26)19-7-5-6-8-21(19)29-14-15-9-17(27-3)12-18(10-15)28-4/h5-10,12-13,16,20,22H,11,14,24H2,1-4H3. The van der Waals surface area contributed by atoms with E-state index in [9.17, 15) is 4.79 Å². The molecule has 2 aromatic rings. The number of benzene rings is 2. The van der Waals surface area contributed by atoms with E-state index >= 15 is 0 Å². The average molecular weight is 421 g/mol. The normalized spacial score (nSPS) is 14.2. The number of aldehydes is 1. The number of halogens is 1. The summed E-state index contributed by atoms with van der Waals surface area (Å²) in [5.41, 5.74) is 7.52. The SMILES string of the molecule is COc1cc(COc2ccccc2C(C=O)CC(N)C(Cl)N(C)C)cc(OC)c1. The summed E-state index contributed by atoms with van der Waals surface area (Å²) >= 11 is 6.32. The lowest BCUT2D eigenvalue weighted by atomic mass is 9.92. The quantitative estimate of drug-likeness (QED) is 0.341. The molecular weight excluding hydrogens is 392 g/mol. The van der Waals surface area contributed by atoms with Crippen molar-refractivity contribution in [2.45, 2.75) is 30.5 Å². The van der Waals surface area contributed by atoms with Crippen molar-refractivity contribution in [1.29, 1.82) is 0 Å². The van der Waals surface area contributed by atoms with Crippen molar-refractivity contribution in [3.05, 3.63) is 53.6 Å². The Morgan fingerprint density at radius 3 is 2.28 bits per heavy atom. The molecule has 0 amide bonds. The molecule has 2 aromatic carbocycles. The Balaban J connectivity index is 2.18. The van der Waals surface area contributed by atoms with Gasteiger partial charge in [-0.3, -0.25) is 4.90 Å². The second-order valence-corrected chi connectivity index (χ2v) is 7.47. The number of ether oxygens (including phenoxy) is 3. The van der Waals surface area contributed by atoms with Gasteiger partial charge in [0.2, 0.25) is 0 Å². The van der Waals surface area contributed by atoms with Gasteiger partial charge in [0, 0.05) is 23.6 Å². The van der Waals surface area contributed by atoms with Gasteiger partial charge >= 0.3 is 0 Å². The molecule has 6 nitrogen and oxygen atoms in total. The van der Waals surface area contributed by atoms with Crippen LogP contribution in [0.4, 0.5) is 0 Å². The third-order valence-corrected chi connectivity index (χ3v) is 5.38. The van der Waals surface area contributed by atoms with Crippen LogP contribution in [0.2, 0.25) is 0 Å². The number of nitrogens with zero attached hydrogens (tertiary/aromatic N) is 1. The lowest BCUT2D eigenvalue weighted by molar-refractivity contribution is -0.109. The van der Waals surface area contributed by atoms with Crippen LogP contribution >= 0.6 is 11.6 Å².